The number of carbonyl (C=O) groups excluding carboxylic acids is 2. The van der Waals surface area contributed by atoms with Crippen LogP contribution in [0.25, 0.3) is 11.0 Å². The van der Waals surface area contributed by atoms with Crippen molar-refractivity contribution in [2.45, 2.75) is 31.2 Å². The lowest BCUT2D eigenvalue weighted by Gasteiger charge is -2.32. The summed E-state index contributed by atoms with van der Waals surface area (Å²) in [5.41, 5.74) is 2.04. The molecule has 1 saturated heterocycles. The maximum absolute atomic E-state index is 12.2. The zero-order valence-electron chi connectivity index (χ0n) is 12.9. The van der Waals surface area contributed by atoms with Crippen molar-refractivity contribution in [1.82, 2.24) is 20.6 Å². The molecule has 122 valence electrons. The first-order chi connectivity index (χ1) is 10.8. The average molecular weight is 334 g/mol. The molecule has 0 spiro atoms. The summed E-state index contributed by atoms with van der Waals surface area (Å²) in [6.45, 7) is 4.02. The van der Waals surface area contributed by atoms with Crippen molar-refractivity contribution in [3.05, 3.63) is 34.2 Å². The third-order valence-electron chi connectivity index (χ3n) is 3.83. The number of imidazole rings is 1. The predicted molar refractivity (Wildman–Crippen MR) is 89.2 cm³/mol. The summed E-state index contributed by atoms with van der Waals surface area (Å²) in [5.74, 6) is 0.221. The molecule has 0 saturated carbocycles. The first kappa shape index (κ1) is 15.7. The quantitative estimate of drug-likeness (QED) is 0.655. The number of thioether (sulfide) groups is 1. The van der Waals surface area contributed by atoms with E-state index in [1.807, 2.05) is 26.0 Å². The highest BCUT2D eigenvalue weighted by atomic mass is 32.2. The maximum Gasteiger partial charge on any atom is 0.323 e. The van der Waals surface area contributed by atoms with Gasteiger partial charge in [-0.25, -0.2) is 4.79 Å². The largest absolute Gasteiger partial charge is 0.350 e. The lowest BCUT2D eigenvalue weighted by molar-refractivity contribution is -0.129. The van der Waals surface area contributed by atoms with Crippen molar-refractivity contribution in [2.24, 2.45) is 0 Å². The number of H-pyrrole nitrogens is 2. The molecule has 7 nitrogen and oxygen atoms in total. The second kappa shape index (κ2) is 5.77. The second-order valence-electron chi connectivity index (χ2n) is 6.02. The van der Waals surface area contributed by atoms with Crippen LogP contribution in [0.5, 0.6) is 0 Å². The molecule has 1 aromatic heterocycles. The maximum atomic E-state index is 12.2. The molecule has 8 heteroatoms. The lowest BCUT2D eigenvalue weighted by Crippen LogP contribution is -2.57. The van der Waals surface area contributed by atoms with Crippen LogP contribution >= 0.6 is 11.8 Å². The summed E-state index contributed by atoms with van der Waals surface area (Å²) < 4.78 is -0.498. The fourth-order valence-corrected chi connectivity index (χ4v) is 3.38. The van der Waals surface area contributed by atoms with Gasteiger partial charge in [0.25, 0.3) is 0 Å². The van der Waals surface area contributed by atoms with Gasteiger partial charge in [0.2, 0.25) is 11.8 Å². The third kappa shape index (κ3) is 3.26. The van der Waals surface area contributed by atoms with E-state index in [-0.39, 0.29) is 17.5 Å². The van der Waals surface area contributed by atoms with Crippen LogP contribution in [-0.4, -0.2) is 38.3 Å². The van der Waals surface area contributed by atoms with Crippen LogP contribution < -0.4 is 16.3 Å². The number of rotatable bonds is 3. The Morgan fingerprint density at radius 1 is 1.30 bits per heavy atom. The number of carbonyl (C=O) groups is 2. The average Bonchev–Trinajstić information content (AvgIpc) is 2.86. The zero-order chi connectivity index (χ0) is 16.6. The number of aromatic nitrogens is 2. The summed E-state index contributed by atoms with van der Waals surface area (Å²) in [7, 11) is 0. The minimum atomic E-state index is -0.517. The van der Waals surface area contributed by atoms with Gasteiger partial charge in [0.05, 0.1) is 15.8 Å². The van der Waals surface area contributed by atoms with Crippen molar-refractivity contribution < 1.29 is 9.59 Å². The van der Waals surface area contributed by atoms with Crippen molar-refractivity contribution in [3.8, 4) is 0 Å². The van der Waals surface area contributed by atoms with Gasteiger partial charge in [-0.05, 0) is 31.5 Å². The Balaban J connectivity index is 1.62. The monoisotopic (exact) mass is 334 g/mol. The molecule has 0 radical (unpaired) electrons. The van der Waals surface area contributed by atoms with Crippen LogP contribution in [-0.2, 0) is 16.1 Å². The van der Waals surface area contributed by atoms with E-state index < -0.39 is 10.8 Å². The van der Waals surface area contributed by atoms with Crippen LogP contribution in [0.1, 0.15) is 19.4 Å². The van der Waals surface area contributed by atoms with Gasteiger partial charge in [-0.15, -0.1) is 11.8 Å². The van der Waals surface area contributed by atoms with Crippen molar-refractivity contribution in [2.75, 3.05) is 5.75 Å². The number of hydrogen-bond acceptors (Lipinski definition) is 4. The summed E-state index contributed by atoms with van der Waals surface area (Å²) >= 11 is 1.47. The molecule has 23 heavy (non-hydrogen) atoms. The van der Waals surface area contributed by atoms with E-state index in [1.165, 1.54) is 11.8 Å². The number of amides is 2. The molecular weight excluding hydrogens is 316 g/mol. The first-order valence-corrected chi connectivity index (χ1v) is 8.27. The molecule has 1 aliphatic heterocycles. The molecule has 0 unspecified atom stereocenters. The second-order valence-corrected chi connectivity index (χ2v) is 7.67. The topological polar surface area (TPSA) is 107 Å². The van der Waals surface area contributed by atoms with E-state index in [0.717, 1.165) is 11.1 Å². The number of hydrogen-bond donors (Lipinski definition) is 4. The van der Waals surface area contributed by atoms with Crippen LogP contribution in [0.4, 0.5) is 0 Å². The normalized spacial score (nSPS) is 20.3. The minimum Gasteiger partial charge on any atom is -0.350 e. The predicted octanol–water partition coefficient (Wildman–Crippen LogP) is 0.483. The van der Waals surface area contributed by atoms with Gasteiger partial charge >= 0.3 is 5.69 Å². The fourth-order valence-electron chi connectivity index (χ4n) is 2.37. The van der Waals surface area contributed by atoms with Gasteiger partial charge < -0.3 is 20.6 Å². The molecule has 2 heterocycles. The van der Waals surface area contributed by atoms with Crippen molar-refractivity contribution >= 4 is 34.6 Å². The van der Waals surface area contributed by atoms with Gasteiger partial charge in [-0.3, -0.25) is 9.59 Å². The summed E-state index contributed by atoms with van der Waals surface area (Å²) in [6, 6.07) is 4.92. The Hall–Kier alpha value is -2.22. The third-order valence-corrected chi connectivity index (χ3v) is 5.23. The molecule has 1 aromatic carbocycles. The Bertz CT molecular complexity index is 823. The van der Waals surface area contributed by atoms with E-state index in [9.17, 15) is 14.4 Å². The molecule has 1 aliphatic rings. The summed E-state index contributed by atoms with van der Waals surface area (Å²) in [4.78, 5) is 40.7. The highest BCUT2D eigenvalue weighted by Crippen LogP contribution is 2.28. The van der Waals surface area contributed by atoms with E-state index >= 15 is 0 Å². The number of nitrogens with one attached hydrogen (secondary N) is 4. The SMILES string of the molecule is CC1(C)SC[C@H](C(=O)NCc2ccc3[nH]c(=O)[nH]c3c2)NC1=O. The molecule has 3 rings (SSSR count). The van der Waals surface area contributed by atoms with Gasteiger partial charge in [0.15, 0.2) is 0 Å². The Morgan fingerprint density at radius 2 is 2.04 bits per heavy atom. The molecule has 0 aliphatic carbocycles. The van der Waals surface area contributed by atoms with Crippen LogP contribution in [0, 0.1) is 0 Å². The van der Waals surface area contributed by atoms with E-state index in [1.54, 1.807) is 6.07 Å². The fraction of sp³-hybridized carbons (Fsp3) is 0.400. The van der Waals surface area contributed by atoms with Crippen LogP contribution in [0.2, 0.25) is 0 Å². The number of aromatic amines is 2. The molecule has 1 fully saturated rings. The Morgan fingerprint density at radius 3 is 2.78 bits per heavy atom. The molecule has 2 aromatic rings. The standard InChI is InChI=1S/C15H18N4O3S/c1-15(2)13(21)17-11(7-23-15)12(20)16-6-8-3-4-9-10(5-8)19-14(22)18-9/h3-5,11H,6-7H2,1-2H3,(H,16,20)(H,17,21)(H2,18,19,22)/t11-/m1/s1. The van der Waals surface area contributed by atoms with Crippen molar-refractivity contribution in [3.63, 3.8) is 0 Å². The van der Waals surface area contributed by atoms with Gasteiger partial charge in [0.1, 0.15) is 6.04 Å². The lowest BCUT2D eigenvalue weighted by atomic mass is 10.1. The van der Waals surface area contributed by atoms with E-state index in [2.05, 4.69) is 20.6 Å². The zero-order valence-corrected chi connectivity index (χ0v) is 13.7. The van der Waals surface area contributed by atoms with E-state index in [4.69, 9.17) is 0 Å². The number of benzene rings is 1. The van der Waals surface area contributed by atoms with Crippen LogP contribution in [0.15, 0.2) is 23.0 Å². The smallest absolute Gasteiger partial charge is 0.323 e. The highest BCUT2D eigenvalue weighted by Gasteiger charge is 2.37. The minimum absolute atomic E-state index is 0.125. The summed E-state index contributed by atoms with van der Waals surface area (Å²) in [6.07, 6.45) is 0. The molecule has 1 atom stereocenters. The Kier molecular flexibility index (Phi) is 3.93. The molecule has 4 N–H and O–H groups in total. The summed E-state index contributed by atoms with van der Waals surface area (Å²) in [5, 5.41) is 5.57. The van der Waals surface area contributed by atoms with Crippen LogP contribution in [0.3, 0.4) is 0 Å². The molecule has 2 amide bonds. The van der Waals surface area contributed by atoms with Gasteiger partial charge in [0, 0.05) is 12.3 Å². The van der Waals surface area contributed by atoms with Crippen molar-refractivity contribution in [1.29, 1.82) is 0 Å². The van der Waals surface area contributed by atoms with E-state index in [0.29, 0.717) is 17.8 Å². The highest BCUT2D eigenvalue weighted by molar-refractivity contribution is 8.01. The van der Waals surface area contributed by atoms with Gasteiger partial charge in [-0.1, -0.05) is 6.07 Å². The molecule has 0 bridgehead atoms. The van der Waals surface area contributed by atoms with Gasteiger partial charge in [-0.2, -0.15) is 0 Å². The Labute approximate surface area is 136 Å². The number of fused-ring (bicyclic) bond motifs is 1. The molecular formula is C15H18N4O3S. The first-order valence-electron chi connectivity index (χ1n) is 7.29.